The number of aromatic nitrogens is 3. The van der Waals surface area contributed by atoms with Gasteiger partial charge in [0.25, 0.3) is 0 Å². The van der Waals surface area contributed by atoms with E-state index in [-0.39, 0.29) is 6.04 Å². The summed E-state index contributed by atoms with van der Waals surface area (Å²) in [4.78, 5) is 0. The summed E-state index contributed by atoms with van der Waals surface area (Å²) in [5, 5.41) is 8.12. The van der Waals surface area contributed by atoms with Gasteiger partial charge in [0, 0.05) is 13.0 Å². The molecule has 2 heterocycles. The molecule has 1 unspecified atom stereocenters. The molecule has 1 aliphatic rings. The summed E-state index contributed by atoms with van der Waals surface area (Å²) in [6.07, 6.45) is 3.72. The lowest BCUT2D eigenvalue weighted by molar-refractivity contribution is 0.356. The van der Waals surface area contributed by atoms with Gasteiger partial charge in [0.15, 0.2) is 0 Å². The number of hydrazine groups is 1. The number of ether oxygens (including phenoxy) is 1. The van der Waals surface area contributed by atoms with E-state index in [2.05, 4.69) is 28.7 Å². The summed E-state index contributed by atoms with van der Waals surface area (Å²) in [5.74, 6) is 6.73. The highest BCUT2D eigenvalue weighted by atomic mass is 16.5. The number of rotatable bonds is 5. The minimum Gasteiger partial charge on any atom is -0.493 e. The van der Waals surface area contributed by atoms with E-state index in [1.54, 1.807) is 6.20 Å². The van der Waals surface area contributed by atoms with E-state index < -0.39 is 0 Å². The summed E-state index contributed by atoms with van der Waals surface area (Å²) in [6.45, 7) is 3.71. The van der Waals surface area contributed by atoms with Crippen LogP contribution in [-0.2, 0) is 13.0 Å². The molecule has 3 N–H and O–H groups in total. The van der Waals surface area contributed by atoms with Crippen LogP contribution in [0.4, 0.5) is 0 Å². The summed E-state index contributed by atoms with van der Waals surface area (Å²) in [7, 11) is 0. The first-order chi connectivity index (χ1) is 9.83. The van der Waals surface area contributed by atoms with E-state index in [1.807, 2.05) is 16.8 Å². The molecule has 0 amide bonds. The van der Waals surface area contributed by atoms with E-state index in [0.717, 1.165) is 43.0 Å². The number of nitrogens with zero attached hydrogens (tertiary/aromatic N) is 3. The van der Waals surface area contributed by atoms with Gasteiger partial charge in [0.05, 0.1) is 24.5 Å². The molecule has 0 saturated carbocycles. The van der Waals surface area contributed by atoms with Gasteiger partial charge in [-0.15, -0.1) is 5.10 Å². The minimum atomic E-state index is -0.109. The first-order valence-corrected chi connectivity index (χ1v) is 6.93. The zero-order valence-corrected chi connectivity index (χ0v) is 11.5. The van der Waals surface area contributed by atoms with Gasteiger partial charge in [0.1, 0.15) is 5.75 Å². The van der Waals surface area contributed by atoms with Gasteiger partial charge in [-0.25, -0.2) is 10.1 Å². The normalized spacial score (nSPS) is 14.9. The van der Waals surface area contributed by atoms with Crippen molar-refractivity contribution >= 4 is 0 Å². The van der Waals surface area contributed by atoms with Gasteiger partial charge < -0.3 is 4.74 Å². The largest absolute Gasteiger partial charge is 0.493 e. The van der Waals surface area contributed by atoms with Gasteiger partial charge in [0.2, 0.25) is 0 Å². The lowest BCUT2D eigenvalue weighted by atomic mass is 10.0. The highest BCUT2D eigenvalue weighted by molar-refractivity contribution is 5.42. The van der Waals surface area contributed by atoms with Gasteiger partial charge in [-0.2, -0.15) is 0 Å². The molecule has 1 atom stereocenters. The van der Waals surface area contributed by atoms with Crippen LogP contribution >= 0.6 is 0 Å². The molecule has 0 aliphatic carbocycles. The van der Waals surface area contributed by atoms with E-state index in [0.29, 0.717) is 0 Å². The van der Waals surface area contributed by atoms with Crippen LogP contribution < -0.4 is 16.0 Å². The molecule has 2 aromatic rings. The highest BCUT2D eigenvalue weighted by Gasteiger charge is 2.20. The number of benzene rings is 1. The van der Waals surface area contributed by atoms with Gasteiger partial charge in [-0.05, 0) is 29.7 Å². The highest BCUT2D eigenvalue weighted by Crippen LogP contribution is 2.30. The van der Waals surface area contributed by atoms with E-state index in [9.17, 15) is 0 Å². The zero-order valence-electron chi connectivity index (χ0n) is 11.5. The van der Waals surface area contributed by atoms with E-state index in [1.165, 1.54) is 5.56 Å². The molecule has 1 aliphatic heterocycles. The maximum Gasteiger partial charge on any atom is 0.122 e. The van der Waals surface area contributed by atoms with Crippen LogP contribution in [0.15, 0.2) is 24.4 Å². The Morgan fingerprint density at radius 2 is 2.40 bits per heavy atom. The predicted molar refractivity (Wildman–Crippen MR) is 75.1 cm³/mol. The van der Waals surface area contributed by atoms with E-state index >= 15 is 0 Å². The molecule has 0 radical (unpaired) electrons. The number of hydrogen-bond acceptors (Lipinski definition) is 5. The molecule has 6 heteroatoms. The molecule has 1 aromatic carbocycles. The zero-order chi connectivity index (χ0) is 13.9. The first-order valence-electron chi connectivity index (χ1n) is 6.93. The number of fused-ring (bicyclic) bond motifs is 1. The van der Waals surface area contributed by atoms with Crippen molar-refractivity contribution < 1.29 is 4.74 Å². The molecule has 0 saturated heterocycles. The standard InChI is InChI=1S/C14H19N5O/c1-2-6-19-12(9-16-18-19)14(17-15)11-3-4-13-10(8-11)5-7-20-13/h3-4,8-9,14,17H,2,5-7,15H2,1H3. The fraction of sp³-hybridized carbons (Fsp3) is 0.429. The molecule has 0 spiro atoms. The summed E-state index contributed by atoms with van der Waals surface area (Å²) < 4.78 is 7.44. The van der Waals surface area contributed by atoms with Crippen molar-refractivity contribution in [2.75, 3.05) is 6.61 Å². The monoisotopic (exact) mass is 273 g/mol. The average Bonchev–Trinajstić information content (AvgIpc) is 3.09. The van der Waals surface area contributed by atoms with Crippen molar-refractivity contribution in [2.45, 2.75) is 32.4 Å². The second kappa shape index (κ2) is 5.60. The Kier molecular flexibility index (Phi) is 3.66. The fourth-order valence-electron chi connectivity index (χ4n) is 2.61. The van der Waals surface area contributed by atoms with Crippen molar-refractivity contribution in [1.82, 2.24) is 20.4 Å². The third-order valence-electron chi connectivity index (χ3n) is 3.59. The molecule has 6 nitrogen and oxygen atoms in total. The Morgan fingerprint density at radius 3 is 3.20 bits per heavy atom. The summed E-state index contributed by atoms with van der Waals surface area (Å²) in [5.41, 5.74) is 6.19. The van der Waals surface area contributed by atoms with Crippen molar-refractivity contribution in [3.05, 3.63) is 41.2 Å². The number of aryl methyl sites for hydroxylation is 1. The second-order valence-electron chi connectivity index (χ2n) is 4.95. The SMILES string of the molecule is CCCn1nncc1C(NN)c1ccc2c(c1)CCO2. The lowest BCUT2D eigenvalue weighted by Crippen LogP contribution is -2.30. The molecule has 106 valence electrons. The Hall–Kier alpha value is -1.92. The van der Waals surface area contributed by atoms with Gasteiger partial charge in [-0.1, -0.05) is 18.2 Å². The molecule has 20 heavy (non-hydrogen) atoms. The molecular weight excluding hydrogens is 254 g/mol. The Balaban J connectivity index is 1.95. The smallest absolute Gasteiger partial charge is 0.122 e. The van der Waals surface area contributed by atoms with Crippen LogP contribution in [0.1, 0.15) is 36.2 Å². The molecule has 0 fully saturated rings. The van der Waals surface area contributed by atoms with Crippen LogP contribution in [0.3, 0.4) is 0 Å². The van der Waals surface area contributed by atoms with E-state index in [4.69, 9.17) is 10.6 Å². The number of hydrogen-bond donors (Lipinski definition) is 2. The van der Waals surface area contributed by atoms with Crippen molar-refractivity contribution in [3.8, 4) is 5.75 Å². The van der Waals surface area contributed by atoms with Crippen molar-refractivity contribution in [2.24, 2.45) is 5.84 Å². The third kappa shape index (κ3) is 2.28. The first kappa shape index (κ1) is 13.1. The van der Waals surface area contributed by atoms with Crippen LogP contribution in [0, 0.1) is 0 Å². The quantitative estimate of drug-likeness (QED) is 0.631. The third-order valence-corrected chi connectivity index (χ3v) is 3.59. The van der Waals surface area contributed by atoms with Crippen LogP contribution in [0.5, 0.6) is 5.75 Å². The van der Waals surface area contributed by atoms with Crippen LogP contribution in [-0.4, -0.2) is 21.6 Å². The molecule has 1 aromatic heterocycles. The minimum absolute atomic E-state index is 0.109. The van der Waals surface area contributed by atoms with Gasteiger partial charge in [-0.3, -0.25) is 5.84 Å². The van der Waals surface area contributed by atoms with Crippen LogP contribution in [0.25, 0.3) is 0 Å². The second-order valence-corrected chi connectivity index (χ2v) is 4.95. The number of nitrogens with one attached hydrogen (secondary N) is 1. The fourth-order valence-corrected chi connectivity index (χ4v) is 2.61. The average molecular weight is 273 g/mol. The molecular formula is C14H19N5O. The molecule has 3 rings (SSSR count). The summed E-state index contributed by atoms with van der Waals surface area (Å²) >= 11 is 0. The Bertz CT molecular complexity index is 595. The van der Waals surface area contributed by atoms with Crippen LogP contribution in [0.2, 0.25) is 0 Å². The maximum atomic E-state index is 5.76. The maximum absolute atomic E-state index is 5.76. The number of nitrogens with two attached hydrogens (primary N) is 1. The Labute approximate surface area is 117 Å². The molecule has 0 bridgehead atoms. The Morgan fingerprint density at radius 1 is 1.50 bits per heavy atom. The topological polar surface area (TPSA) is 78.0 Å². The lowest BCUT2D eigenvalue weighted by Gasteiger charge is -2.18. The predicted octanol–water partition coefficient (Wildman–Crippen LogP) is 1.18. The summed E-state index contributed by atoms with van der Waals surface area (Å²) in [6, 6.07) is 6.09. The van der Waals surface area contributed by atoms with Crippen molar-refractivity contribution in [1.29, 1.82) is 0 Å². The van der Waals surface area contributed by atoms with Gasteiger partial charge >= 0.3 is 0 Å². The van der Waals surface area contributed by atoms with Crippen molar-refractivity contribution in [3.63, 3.8) is 0 Å².